The molecule has 0 spiro atoms. The summed E-state index contributed by atoms with van der Waals surface area (Å²) in [5.41, 5.74) is 3.10. The van der Waals surface area contributed by atoms with E-state index in [4.69, 9.17) is 11.6 Å². The van der Waals surface area contributed by atoms with Crippen molar-refractivity contribution in [1.82, 2.24) is 0 Å². The van der Waals surface area contributed by atoms with Gasteiger partial charge >= 0.3 is 0 Å². The minimum Gasteiger partial charge on any atom is -0.321 e. The van der Waals surface area contributed by atoms with Crippen molar-refractivity contribution in [2.24, 2.45) is 0 Å². The summed E-state index contributed by atoms with van der Waals surface area (Å²) in [6.45, 7) is 3.81. The van der Waals surface area contributed by atoms with Gasteiger partial charge < -0.3 is 5.32 Å². The summed E-state index contributed by atoms with van der Waals surface area (Å²) in [6.07, 6.45) is 0. The van der Waals surface area contributed by atoms with Crippen LogP contribution in [0.5, 0.6) is 0 Å². The Morgan fingerprint density at radius 1 is 0.931 bits per heavy atom. The predicted molar refractivity (Wildman–Crippen MR) is 117 cm³/mol. The number of carbonyl (C=O) groups excluding carboxylic acids is 1. The molecule has 0 atom stereocenters. The van der Waals surface area contributed by atoms with E-state index in [9.17, 15) is 13.2 Å². The average molecular weight is 429 g/mol. The second-order valence-corrected chi connectivity index (χ2v) is 9.05. The van der Waals surface area contributed by atoms with Crippen LogP contribution in [0.15, 0.2) is 71.6 Å². The Labute approximate surface area is 176 Å². The molecule has 0 unspecified atom stereocenters. The topological polar surface area (TPSA) is 66.5 Å². The first-order valence-electron chi connectivity index (χ1n) is 8.93. The number of hydrogen-bond donors (Lipinski definition) is 1. The number of para-hydroxylation sites is 1. The van der Waals surface area contributed by atoms with Crippen molar-refractivity contribution in [3.63, 3.8) is 0 Å². The van der Waals surface area contributed by atoms with Crippen LogP contribution < -0.4 is 9.62 Å². The van der Waals surface area contributed by atoms with Gasteiger partial charge in [0.05, 0.1) is 21.2 Å². The fourth-order valence-electron chi connectivity index (χ4n) is 2.96. The second-order valence-electron chi connectivity index (χ2n) is 6.67. The highest BCUT2D eigenvalue weighted by atomic mass is 35.5. The van der Waals surface area contributed by atoms with Gasteiger partial charge in [0.2, 0.25) is 0 Å². The highest BCUT2D eigenvalue weighted by Crippen LogP contribution is 2.28. The van der Waals surface area contributed by atoms with E-state index in [0.29, 0.717) is 11.4 Å². The Balaban J connectivity index is 1.95. The quantitative estimate of drug-likeness (QED) is 0.619. The van der Waals surface area contributed by atoms with Gasteiger partial charge in [-0.2, -0.15) is 0 Å². The van der Waals surface area contributed by atoms with Gasteiger partial charge in [0.1, 0.15) is 0 Å². The number of nitrogens with zero attached hydrogens (tertiary/aromatic N) is 1. The number of hydrogen-bond acceptors (Lipinski definition) is 3. The molecule has 0 aliphatic heterocycles. The average Bonchev–Trinajstić information content (AvgIpc) is 2.71. The lowest BCUT2D eigenvalue weighted by Crippen LogP contribution is -2.27. The van der Waals surface area contributed by atoms with Crippen molar-refractivity contribution >= 4 is 38.9 Å². The molecule has 0 aliphatic rings. The van der Waals surface area contributed by atoms with Gasteiger partial charge in [0, 0.05) is 12.7 Å². The van der Waals surface area contributed by atoms with Gasteiger partial charge in [-0.1, -0.05) is 48.0 Å². The van der Waals surface area contributed by atoms with E-state index < -0.39 is 15.9 Å². The van der Waals surface area contributed by atoms with Crippen LogP contribution in [-0.4, -0.2) is 21.4 Å². The first-order chi connectivity index (χ1) is 13.7. The molecule has 0 radical (unpaired) electrons. The van der Waals surface area contributed by atoms with Crippen molar-refractivity contribution < 1.29 is 13.2 Å². The maximum Gasteiger partial charge on any atom is 0.264 e. The molecule has 0 fully saturated rings. The molecule has 1 amide bonds. The van der Waals surface area contributed by atoms with E-state index in [1.165, 1.54) is 31.3 Å². The molecular weight excluding hydrogens is 408 g/mol. The standard InChI is InChI=1S/C22H21ClN2O3S/c1-15-8-7-9-16(2)21(15)24-22(26)19-14-17(12-13-20(19)23)25(3)29(27,28)18-10-5-4-6-11-18/h4-14H,1-3H3,(H,24,26). The summed E-state index contributed by atoms with van der Waals surface area (Å²) in [7, 11) is -2.32. The number of benzene rings is 3. The number of halogens is 1. The molecule has 3 aromatic carbocycles. The SMILES string of the molecule is Cc1cccc(C)c1NC(=O)c1cc(N(C)S(=O)(=O)c2ccccc2)ccc1Cl. The van der Waals surface area contributed by atoms with Gasteiger partial charge in [-0.25, -0.2) is 8.42 Å². The molecule has 1 N–H and O–H groups in total. The van der Waals surface area contributed by atoms with Gasteiger partial charge in [0.25, 0.3) is 15.9 Å². The lowest BCUT2D eigenvalue weighted by Gasteiger charge is -2.20. The first kappa shape index (κ1) is 20.9. The summed E-state index contributed by atoms with van der Waals surface area (Å²) in [5.74, 6) is -0.403. The van der Waals surface area contributed by atoms with E-state index in [1.807, 2.05) is 32.0 Å². The molecule has 5 nitrogen and oxygen atoms in total. The van der Waals surface area contributed by atoms with Crippen molar-refractivity contribution in [3.8, 4) is 0 Å². The molecule has 0 saturated heterocycles. The van der Waals surface area contributed by atoms with Gasteiger partial charge in [-0.15, -0.1) is 0 Å². The molecule has 150 valence electrons. The number of sulfonamides is 1. The van der Waals surface area contributed by atoms with E-state index >= 15 is 0 Å². The molecule has 0 saturated carbocycles. The zero-order valence-electron chi connectivity index (χ0n) is 16.3. The van der Waals surface area contributed by atoms with Gasteiger partial charge in [-0.3, -0.25) is 9.10 Å². The Morgan fingerprint density at radius 3 is 2.17 bits per heavy atom. The Kier molecular flexibility index (Phi) is 5.96. The molecule has 3 aromatic rings. The fourth-order valence-corrected chi connectivity index (χ4v) is 4.38. The lowest BCUT2D eigenvalue weighted by molar-refractivity contribution is 0.102. The summed E-state index contributed by atoms with van der Waals surface area (Å²) < 4.78 is 26.9. The second kappa shape index (κ2) is 8.27. The normalized spacial score (nSPS) is 11.2. The van der Waals surface area contributed by atoms with Crippen LogP contribution in [0.25, 0.3) is 0 Å². The van der Waals surface area contributed by atoms with E-state index in [2.05, 4.69) is 5.32 Å². The minimum atomic E-state index is -3.76. The molecule has 0 heterocycles. The van der Waals surface area contributed by atoms with Crippen molar-refractivity contribution in [2.45, 2.75) is 18.7 Å². The zero-order chi connectivity index (χ0) is 21.2. The van der Waals surface area contributed by atoms with Crippen molar-refractivity contribution in [1.29, 1.82) is 0 Å². The minimum absolute atomic E-state index is 0.166. The highest BCUT2D eigenvalue weighted by molar-refractivity contribution is 7.92. The third kappa shape index (κ3) is 4.28. The van der Waals surface area contributed by atoms with Crippen LogP contribution in [0.3, 0.4) is 0 Å². The van der Waals surface area contributed by atoms with Gasteiger partial charge in [-0.05, 0) is 55.3 Å². The first-order valence-corrected chi connectivity index (χ1v) is 10.7. The Hall–Kier alpha value is -2.83. The summed E-state index contributed by atoms with van der Waals surface area (Å²) >= 11 is 6.24. The van der Waals surface area contributed by atoms with Crippen LogP contribution in [0.1, 0.15) is 21.5 Å². The number of anilines is 2. The highest BCUT2D eigenvalue weighted by Gasteiger charge is 2.23. The van der Waals surface area contributed by atoms with Crippen LogP contribution in [0, 0.1) is 13.8 Å². The molecule has 3 rings (SSSR count). The Morgan fingerprint density at radius 2 is 1.55 bits per heavy atom. The van der Waals surface area contributed by atoms with Crippen LogP contribution in [-0.2, 0) is 10.0 Å². The van der Waals surface area contributed by atoms with E-state index in [0.717, 1.165) is 15.4 Å². The molecule has 0 bridgehead atoms. The van der Waals surface area contributed by atoms with E-state index in [1.54, 1.807) is 24.3 Å². The lowest BCUT2D eigenvalue weighted by atomic mass is 10.1. The third-order valence-electron chi connectivity index (χ3n) is 4.68. The van der Waals surface area contributed by atoms with Gasteiger partial charge in [0.15, 0.2) is 0 Å². The summed E-state index contributed by atoms with van der Waals surface area (Å²) in [5, 5.41) is 3.12. The zero-order valence-corrected chi connectivity index (χ0v) is 17.9. The van der Waals surface area contributed by atoms with Crippen LogP contribution in [0.4, 0.5) is 11.4 Å². The number of amides is 1. The molecule has 0 aromatic heterocycles. The summed E-state index contributed by atoms with van der Waals surface area (Å²) in [4.78, 5) is 13.0. The third-order valence-corrected chi connectivity index (χ3v) is 6.81. The molecule has 7 heteroatoms. The van der Waals surface area contributed by atoms with Crippen LogP contribution >= 0.6 is 11.6 Å². The Bertz CT molecular complexity index is 1140. The number of aryl methyl sites for hydroxylation is 2. The maximum atomic E-state index is 12.9. The summed E-state index contributed by atoms with van der Waals surface area (Å²) in [6, 6.07) is 18.4. The number of carbonyl (C=O) groups is 1. The predicted octanol–water partition coefficient (Wildman–Crippen LogP) is 5.03. The molecule has 0 aliphatic carbocycles. The van der Waals surface area contributed by atoms with Crippen molar-refractivity contribution in [2.75, 3.05) is 16.7 Å². The number of rotatable bonds is 5. The fraction of sp³-hybridized carbons (Fsp3) is 0.136. The maximum absolute atomic E-state index is 12.9. The smallest absolute Gasteiger partial charge is 0.264 e. The van der Waals surface area contributed by atoms with Crippen LogP contribution in [0.2, 0.25) is 5.02 Å². The monoisotopic (exact) mass is 428 g/mol. The molecule has 29 heavy (non-hydrogen) atoms. The largest absolute Gasteiger partial charge is 0.321 e. The molecular formula is C22H21ClN2O3S. The number of nitrogens with one attached hydrogen (secondary N) is 1. The van der Waals surface area contributed by atoms with E-state index in [-0.39, 0.29) is 15.5 Å². The van der Waals surface area contributed by atoms with Crippen molar-refractivity contribution in [3.05, 3.63) is 88.4 Å².